The molecule has 1 atom stereocenters. The number of ether oxygens (including phenoxy) is 2. The molecule has 1 unspecified atom stereocenters. The first-order chi connectivity index (χ1) is 16.8. The van der Waals surface area contributed by atoms with Gasteiger partial charge in [-0.2, -0.15) is 5.10 Å². The maximum atomic E-state index is 13.4. The number of aromatic amines is 1. The van der Waals surface area contributed by atoms with Gasteiger partial charge in [-0.05, 0) is 54.7 Å². The SMILES string of the molecule is CCCCN1C(=O)c2[nH]nc(-c3cc(Cl)c(C)cc3O)c2C1c1ccc(OCC(C)C)c(OC)c1. The minimum absolute atomic E-state index is 0.0643. The molecule has 1 aliphatic heterocycles. The van der Waals surface area contributed by atoms with E-state index in [0.717, 1.165) is 29.5 Å². The summed E-state index contributed by atoms with van der Waals surface area (Å²) in [6, 6.07) is 8.68. The Hall–Kier alpha value is -3.19. The molecule has 2 N–H and O–H groups in total. The van der Waals surface area contributed by atoms with Crippen LogP contribution < -0.4 is 9.47 Å². The summed E-state index contributed by atoms with van der Waals surface area (Å²) in [6.07, 6.45) is 1.82. The zero-order chi connectivity index (χ0) is 25.3. The van der Waals surface area contributed by atoms with Crippen LogP contribution in [0.2, 0.25) is 5.02 Å². The molecule has 186 valence electrons. The molecule has 2 aromatic carbocycles. The highest BCUT2D eigenvalue weighted by Crippen LogP contribution is 2.46. The number of phenols is 1. The summed E-state index contributed by atoms with van der Waals surface area (Å²) in [5.74, 6) is 1.58. The number of methoxy groups -OCH3 is 1. The molecule has 8 heteroatoms. The minimum atomic E-state index is -0.398. The highest BCUT2D eigenvalue weighted by Gasteiger charge is 2.42. The second-order valence-corrected chi connectivity index (χ2v) is 9.76. The van der Waals surface area contributed by atoms with Gasteiger partial charge >= 0.3 is 0 Å². The standard InChI is InChI=1S/C27H32ClN3O4/c1-6-7-10-31-26(17-8-9-21(22(12-17)34-5)35-14-15(2)3)23-24(29-30-25(23)27(31)33)18-13-19(28)16(4)11-20(18)32/h8-9,11-13,15,26,32H,6-7,10,14H2,1-5H3,(H,29,30). The molecule has 0 spiro atoms. The summed E-state index contributed by atoms with van der Waals surface area (Å²) in [5.41, 5.74) is 3.78. The number of aromatic nitrogens is 2. The van der Waals surface area contributed by atoms with Gasteiger partial charge in [0, 0.05) is 22.7 Å². The number of hydrogen-bond acceptors (Lipinski definition) is 5. The third-order valence-electron chi connectivity index (χ3n) is 6.22. The molecule has 7 nitrogen and oxygen atoms in total. The molecule has 0 saturated heterocycles. The third-order valence-corrected chi connectivity index (χ3v) is 6.63. The van der Waals surface area contributed by atoms with Crippen LogP contribution in [0.15, 0.2) is 30.3 Å². The quantitative estimate of drug-likeness (QED) is 0.371. The first kappa shape index (κ1) is 24.9. The van der Waals surface area contributed by atoms with Crippen molar-refractivity contribution in [2.24, 2.45) is 5.92 Å². The number of nitrogens with zero attached hydrogens (tertiary/aromatic N) is 2. The first-order valence-electron chi connectivity index (χ1n) is 12.0. The Balaban J connectivity index is 1.84. The van der Waals surface area contributed by atoms with Crippen molar-refractivity contribution in [1.82, 2.24) is 15.1 Å². The molecule has 1 amide bonds. The van der Waals surface area contributed by atoms with Crippen molar-refractivity contribution in [2.45, 2.75) is 46.6 Å². The zero-order valence-electron chi connectivity index (χ0n) is 20.8. The number of halogens is 1. The van der Waals surface area contributed by atoms with E-state index in [1.54, 1.807) is 19.2 Å². The van der Waals surface area contributed by atoms with Crippen LogP contribution in [0.3, 0.4) is 0 Å². The lowest BCUT2D eigenvalue weighted by molar-refractivity contribution is 0.0741. The van der Waals surface area contributed by atoms with Crippen LogP contribution in [0.4, 0.5) is 0 Å². The fourth-order valence-electron chi connectivity index (χ4n) is 4.39. The van der Waals surface area contributed by atoms with Crippen molar-refractivity contribution in [1.29, 1.82) is 0 Å². The van der Waals surface area contributed by atoms with Gasteiger partial charge in [0.15, 0.2) is 11.5 Å². The zero-order valence-corrected chi connectivity index (χ0v) is 21.6. The average Bonchev–Trinajstić information content (AvgIpc) is 3.37. The number of carbonyl (C=O) groups excluding carboxylic acids is 1. The van der Waals surface area contributed by atoms with Crippen LogP contribution >= 0.6 is 11.6 Å². The molecule has 0 saturated carbocycles. The predicted molar refractivity (Wildman–Crippen MR) is 137 cm³/mol. The highest BCUT2D eigenvalue weighted by molar-refractivity contribution is 6.31. The van der Waals surface area contributed by atoms with Gasteiger partial charge in [0.2, 0.25) is 0 Å². The second kappa shape index (κ2) is 10.2. The van der Waals surface area contributed by atoms with E-state index in [2.05, 4.69) is 31.0 Å². The topological polar surface area (TPSA) is 87.7 Å². The molecular weight excluding hydrogens is 466 g/mol. The number of nitrogens with one attached hydrogen (secondary N) is 1. The fourth-order valence-corrected chi connectivity index (χ4v) is 4.56. The number of amides is 1. The van der Waals surface area contributed by atoms with Crippen LogP contribution in [-0.2, 0) is 0 Å². The van der Waals surface area contributed by atoms with Crippen LogP contribution in [0.25, 0.3) is 11.3 Å². The van der Waals surface area contributed by atoms with E-state index in [-0.39, 0.29) is 11.7 Å². The van der Waals surface area contributed by atoms with Crippen LogP contribution in [0.5, 0.6) is 17.2 Å². The number of H-pyrrole nitrogens is 1. The van der Waals surface area contributed by atoms with Crippen molar-refractivity contribution < 1.29 is 19.4 Å². The Morgan fingerprint density at radius 2 is 2.00 bits per heavy atom. The van der Waals surface area contributed by atoms with Crippen LogP contribution in [-0.4, -0.2) is 46.4 Å². The number of unbranched alkanes of at least 4 members (excludes halogenated alkanes) is 1. The number of aryl methyl sites for hydroxylation is 1. The molecule has 35 heavy (non-hydrogen) atoms. The molecule has 0 aliphatic carbocycles. The lowest BCUT2D eigenvalue weighted by Crippen LogP contribution is -2.30. The monoisotopic (exact) mass is 497 g/mol. The van der Waals surface area contributed by atoms with E-state index in [4.69, 9.17) is 21.1 Å². The summed E-state index contributed by atoms with van der Waals surface area (Å²) in [7, 11) is 1.61. The maximum Gasteiger partial charge on any atom is 0.273 e. The first-order valence-corrected chi connectivity index (χ1v) is 12.3. The highest BCUT2D eigenvalue weighted by atomic mass is 35.5. The maximum absolute atomic E-state index is 13.4. The van der Waals surface area contributed by atoms with Gasteiger partial charge in [-0.25, -0.2) is 0 Å². The molecular formula is C27H32ClN3O4. The van der Waals surface area contributed by atoms with Crippen molar-refractivity contribution in [3.8, 4) is 28.5 Å². The number of rotatable bonds is 9. The number of aromatic hydroxyl groups is 1. The number of carbonyl (C=O) groups is 1. The van der Waals surface area contributed by atoms with E-state index >= 15 is 0 Å². The van der Waals surface area contributed by atoms with E-state index in [1.807, 2.05) is 30.0 Å². The molecule has 0 bridgehead atoms. The summed E-state index contributed by atoms with van der Waals surface area (Å²) >= 11 is 6.38. The van der Waals surface area contributed by atoms with Gasteiger partial charge < -0.3 is 19.5 Å². The van der Waals surface area contributed by atoms with Gasteiger partial charge in [-0.1, -0.05) is 44.9 Å². The predicted octanol–water partition coefficient (Wildman–Crippen LogP) is 6.13. The molecule has 2 heterocycles. The molecule has 0 fully saturated rings. The lowest BCUT2D eigenvalue weighted by atomic mass is 9.95. The number of hydrogen-bond donors (Lipinski definition) is 2. The van der Waals surface area contributed by atoms with Crippen LogP contribution in [0.1, 0.15) is 66.8 Å². The molecule has 4 rings (SSSR count). The molecule has 0 radical (unpaired) electrons. The van der Waals surface area contributed by atoms with Crippen LogP contribution in [0, 0.1) is 12.8 Å². The van der Waals surface area contributed by atoms with Crippen molar-refractivity contribution >= 4 is 17.5 Å². The Morgan fingerprint density at radius 1 is 1.23 bits per heavy atom. The van der Waals surface area contributed by atoms with Gasteiger partial charge in [0.05, 0.1) is 19.8 Å². The van der Waals surface area contributed by atoms with Gasteiger partial charge in [0.1, 0.15) is 17.1 Å². The van der Waals surface area contributed by atoms with Gasteiger partial charge in [-0.3, -0.25) is 9.89 Å². The van der Waals surface area contributed by atoms with E-state index < -0.39 is 6.04 Å². The molecule has 1 aliphatic rings. The normalized spacial score (nSPS) is 15.1. The van der Waals surface area contributed by atoms with Gasteiger partial charge in [-0.15, -0.1) is 0 Å². The third kappa shape index (κ3) is 4.69. The Kier molecular flexibility index (Phi) is 7.26. The molecule has 1 aromatic heterocycles. The summed E-state index contributed by atoms with van der Waals surface area (Å²) in [5, 5.41) is 18.6. The summed E-state index contributed by atoms with van der Waals surface area (Å²) in [4.78, 5) is 15.3. The number of benzene rings is 2. The minimum Gasteiger partial charge on any atom is -0.507 e. The number of phenolic OH excluding ortho intramolecular Hbond substituents is 1. The largest absolute Gasteiger partial charge is 0.507 e. The molecule has 3 aromatic rings. The lowest BCUT2D eigenvalue weighted by Gasteiger charge is -2.27. The second-order valence-electron chi connectivity index (χ2n) is 9.35. The Bertz CT molecular complexity index is 1240. The van der Waals surface area contributed by atoms with E-state index in [9.17, 15) is 9.90 Å². The van der Waals surface area contributed by atoms with Gasteiger partial charge in [0.25, 0.3) is 5.91 Å². The Labute approximate surface area is 211 Å². The smallest absolute Gasteiger partial charge is 0.273 e. The fraction of sp³-hybridized carbons (Fsp3) is 0.407. The average molecular weight is 498 g/mol. The van der Waals surface area contributed by atoms with Crippen molar-refractivity contribution in [3.63, 3.8) is 0 Å². The summed E-state index contributed by atoms with van der Waals surface area (Å²) < 4.78 is 11.6. The van der Waals surface area contributed by atoms with Crippen molar-refractivity contribution in [3.05, 3.63) is 57.7 Å². The summed E-state index contributed by atoms with van der Waals surface area (Å²) in [6.45, 7) is 9.27. The number of fused-ring (bicyclic) bond motifs is 1. The van der Waals surface area contributed by atoms with E-state index in [1.165, 1.54) is 0 Å². The Morgan fingerprint density at radius 3 is 2.69 bits per heavy atom. The van der Waals surface area contributed by atoms with E-state index in [0.29, 0.717) is 52.5 Å². The van der Waals surface area contributed by atoms with Crippen molar-refractivity contribution in [2.75, 3.05) is 20.3 Å².